The summed E-state index contributed by atoms with van der Waals surface area (Å²) in [5.74, 6) is -0.196. The average Bonchev–Trinajstić information content (AvgIpc) is 3.56. The Bertz CT molecular complexity index is 1190. The van der Waals surface area contributed by atoms with Gasteiger partial charge in [-0.3, -0.25) is 9.52 Å². The SMILES string of the molecule is CC(C)(O)COc1cccc(NC(=O)c2ccc(NS(=O)(=O)CCO)cc2N2CCC3(CC2)CC3)c1. The van der Waals surface area contributed by atoms with Gasteiger partial charge in [-0.15, -0.1) is 0 Å². The lowest BCUT2D eigenvalue weighted by Gasteiger charge is -2.35. The van der Waals surface area contributed by atoms with Crippen molar-refractivity contribution in [3.8, 4) is 5.75 Å². The van der Waals surface area contributed by atoms with Crippen LogP contribution in [0.15, 0.2) is 42.5 Å². The number of piperidine rings is 1. The molecular weight excluding hydrogens is 482 g/mol. The highest BCUT2D eigenvalue weighted by molar-refractivity contribution is 7.92. The number of nitrogens with zero attached hydrogens (tertiary/aromatic N) is 1. The van der Waals surface area contributed by atoms with Crippen LogP contribution in [0.5, 0.6) is 5.75 Å². The van der Waals surface area contributed by atoms with Gasteiger partial charge in [0.25, 0.3) is 5.91 Å². The van der Waals surface area contributed by atoms with Crippen LogP contribution in [0.4, 0.5) is 17.1 Å². The number of hydrogen-bond acceptors (Lipinski definition) is 7. The zero-order chi connectivity index (χ0) is 26.0. The number of nitrogens with one attached hydrogen (secondary N) is 2. The molecule has 0 radical (unpaired) electrons. The molecule has 2 fully saturated rings. The Morgan fingerprint density at radius 3 is 2.44 bits per heavy atom. The molecule has 1 aliphatic carbocycles. The normalized spacial score (nSPS) is 17.1. The highest BCUT2D eigenvalue weighted by Gasteiger charge is 2.44. The van der Waals surface area contributed by atoms with Crippen LogP contribution in [-0.2, 0) is 10.0 Å². The minimum absolute atomic E-state index is 0.110. The van der Waals surface area contributed by atoms with Gasteiger partial charge < -0.3 is 25.2 Å². The lowest BCUT2D eigenvalue weighted by atomic mass is 9.93. The summed E-state index contributed by atoms with van der Waals surface area (Å²) in [5, 5.41) is 21.9. The van der Waals surface area contributed by atoms with E-state index in [0.29, 0.717) is 33.8 Å². The van der Waals surface area contributed by atoms with Crippen LogP contribution >= 0.6 is 0 Å². The predicted octanol–water partition coefficient (Wildman–Crippen LogP) is 3.20. The molecule has 0 unspecified atom stereocenters. The largest absolute Gasteiger partial charge is 0.491 e. The van der Waals surface area contributed by atoms with E-state index in [1.807, 2.05) is 0 Å². The molecule has 1 amide bonds. The molecule has 4 rings (SSSR count). The van der Waals surface area contributed by atoms with E-state index in [1.165, 1.54) is 12.8 Å². The van der Waals surface area contributed by atoms with Crippen molar-refractivity contribution in [2.24, 2.45) is 5.41 Å². The van der Waals surface area contributed by atoms with Gasteiger partial charge in [0.1, 0.15) is 12.4 Å². The van der Waals surface area contributed by atoms with E-state index >= 15 is 0 Å². The summed E-state index contributed by atoms with van der Waals surface area (Å²) in [6.45, 7) is 4.54. The number of hydrogen-bond donors (Lipinski definition) is 4. The Morgan fingerprint density at radius 2 is 1.81 bits per heavy atom. The van der Waals surface area contributed by atoms with Crippen LogP contribution in [0, 0.1) is 5.41 Å². The first-order valence-corrected chi connectivity index (χ1v) is 13.9. The number of carbonyl (C=O) groups excluding carboxylic acids is 1. The Balaban J connectivity index is 1.56. The number of benzene rings is 2. The molecule has 1 saturated heterocycles. The summed E-state index contributed by atoms with van der Waals surface area (Å²) in [5.41, 5.74) is 1.47. The summed E-state index contributed by atoms with van der Waals surface area (Å²) in [4.78, 5) is 15.5. The van der Waals surface area contributed by atoms with Crippen molar-refractivity contribution in [1.29, 1.82) is 0 Å². The van der Waals surface area contributed by atoms with Gasteiger partial charge in [-0.2, -0.15) is 0 Å². The third kappa shape index (κ3) is 6.89. The smallest absolute Gasteiger partial charge is 0.257 e. The lowest BCUT2D eigenvalue weighted by molar-refractivity contribution is 0.0285. The fourth-order valence-corrected chi connectivity index (χ4v) is 5.25. The van der Waals surface area contributed by atoms with Crippen molar-refractivity contribution in [3.63, 3.8) is 0 Å². The van der Waals surface area contributed by atoms with Gasteiger partial charge in [0.15, 0.2) is 0 Å². The summed E-state index contributed by atoms with van der Waals surface area (Å²) in [7, 11) is -3.69. The maximum atomic E-state index is 13.4. The first kappa shape index (κ1) is 26.2. The molecule has 4 N–H and O–H groups in total. The van der Waals surface area contributed by atoms with Crippen LogP contribution in [-0.4, -0.2) is 62.2 Å². The quantitative estimate of drug-likeness (QED) is 0.381. The number of carbonyl (C=O) groups is 1. The Kier molecular flexibility index (Phi) is 7.49. The van der Waals surface area contributed by atoms with Crippen molar-refractivity contribution in [3.05, 3.63) is 48.0 Å². The zero-order valence-electron chi connectivity index (χ0n) is 20.8. The third-order valence-electron chi connectivity index (χ3n) is 6.68. The highest BCUT2D eigenvalue weighted by atomic mass is 32.2. The van der Waals surface area contributed by atoms with Crippen molar-refractivity contribution < 1.29 is 28.2 Å². The molecule has 2 aromatic carbocycles. The molecule has 1 spiro atoms. The van der Waals surface area contributed by atoms with Crippen LogP contribution < -0.4 is 19.7 Å². The van der Waals surface area contributed by atoms with Crippen LogP contribution in [0.1, 0.15) is 49.9 Å². The molecular formula is C26H35N3O6S. The standard InChI is InChI=1S/C26H35N3O6S/c1-25(2,32)18-35-21-5-3-4-19(16-21)27-24(31)22-7-6-20(28-36(33,34)15-14-30)17-23(22)29-12-10-26(8-9-26)11-13-29/h3-7,16-17,28,30,32H,8-15,18H2,1-2H3,(H,27,31). The van der Waals surface area contributed by atoms with Gasteiger partial charge in [0.05, 0.1) is 34.9 Å². The minimum Gasteiger partial charge on any atom is -0.491 e. The summed E-state index contributed by atoms with van der Waals surface area (Å²) >= 11 is 0. The van der Waals surface area contributed by atoms with Crippen LogP contribution in [0.2, 0.25) is 0 Å². The van der Waals surface area contributed by atoms with E-state index in [0.717, 1.165) is 25.9 Å². The first-order chi connectivity index (χ1) is 17.0. The molecule has 36 heavy (non-hydrogen) atoms. The summed E-state index contributed by atoms with van der Waals surface area (Å²) < 4.78 is 32.5. The van der Waals surface area contributed by atoms with E-state index in [9.17, 15) is 18.3 Å². The van der Waals surface area contributed by atoms with Gasteiger partial charge in [0.2, 0.25) is 10.0 Å². The van der Waals surface area contributed by atoms with Crippen molar-refractivity contribution in [1.82, 2.24) is 0 Å². The summed E-state index contributed by atoms with van der Waals surface area (Å²) in [6.07, 6.45) is 4.60. The number of amides is 1. The van der Waals surface area contributed by atoms with E-state index in [1.54, 1.807) is 56.3 Å². The number of anilines is 3. The Labute approximate surface area is 212 Å². The number of sulfonamides is 1. The van der Waals surface area contributed by atoms with Crippen LogP contribution in [0.25, 0.3) is 0 Å². The Morgan fingerprint density at radius 1 is 1.08 bits per heavy atom. The van der Waals surface area contributed by atoms with Crippen LogP contribution in [0.3, 0.4) is 0 Å². The Hall–Kier alpha value is -2.82. The van der Waals surface area contributed by atoms with E-state index < -0.39 is 28.0 Å². The topological polar surface area (TPSA) is 128 Å². The molecule has 9 nitrogen and oxygen atoms in total. The van der Waals surface area contributed by atoms with Crippen molar-refractivity contribution >= 4 is 33.0 Å². The molecule has 10 heteroatoms. The maximum absolute atomic E-state index is 13.4. The van der Waals surface area contributed by atoms with E-state index in [-0.39, 0.29) is 12.5 Å². The molecule has 1 saturated carbocycles. The van der Waals surface area contributed by atoms with Crippen molar-refractivity contribution in [2.45, 2.75) is 45.1 Å². The molecule has 196 valence electrons. The molecule has 1 heterocycles. The monoisotopic (exact) mass is 517 g/mol. The minimum atomic E-state index is -3.69. The van der Waals surface area contributed by atoms with E-state index in [2.05, 4.69) is 14.9 Å². The van der Waals surface area contributed by atoms with Gasteiger partial charge >= 0.3 is 0 Å². The molecule has 0 bridgehead atoms. The second-order valence-electron chi connectivity index (χ2n) is 10.4. The molecule has 0 aromatic heterocycles. The fraction of sp³-hybridized carbons (Fsp3) is 0.500. The third-order valence-corrected chi connectivity index (χ3v) is 7.95. The maximum Gasteiger partial charge on any atom is 0.257 e. The fourth-order valence-electron chi connectivity index (χ4n) is 4.42. The number of aliphatic hydroxyl groups excluding tert-OH is 1. The number of aliphatic hydroxyl groups is 2. The molecule has 1 aliphatic heterocycles. The second-order valence-corrected chi connectivity index (χ2v) is 12.3. The number of rotatable bonds is 10. The summed E-state index contributed by atoms with van der Waals surface area (Å²) in [6, 6.07) is 11.8. The van der Waals surface area contributed by atoms with Gasteiger partial charge in [-0.1, -0.05) is 6.07 Å². The highest BCUT2D eigenvalue weighted by Crippen LogP contribution is 2.54. The predicted molar refractivity (Wildman–Crippen MR) is 140 cm³/mol. The number of ether oxygens (including phenoxy) is 1. The zero-order valence-corrected chi connectivity index (χ0v) is 21.6. The average molecular weight is 518 g/mol. The van der Waals surface area contributed by atoms with Gasteiger partial charge in [-0.25, -0.2) is 8.42 Å². The first-order valence-electron chi connectivity index (χ1n) is 12.2. The van der Waals surface area contributed by atoms with Crippen molar-refractivity contribution in [2.75, 3.05) is 47.0 Å². The molecule has 2 aromatic rings. The van der Waals surface area contributed by atoms with Gasteiger partial charge in [-0.05, 0) is 75.3 Å². The molecule has 0 atom stereocenters. The second kappa shape index (κ2) is 10.3. The van der Waals surface area contributed by atoms with Gasteiger partial charge in [0, 0.05) is 24.8 Å². The molecule has 2 aliphatic rings. The lowest BCUT2D eigenvalue weighted by Crippen LogP contribution is -2.35. The van der Waals surface area contributed by atoms with E-state index in [4.69, 9.17) is 9.84 Å².